The summed E-state index contributed by atoms with van der Waals surface area (Å²) in [4.78, 5) is 10.9. The molecule has 92 valence electrons. The third-order valence-corrected chi connectivity index (χ3v) is 3.50. The summed E-state index contributed by atoms with van der Waals surface area (Å²) < 4.78 is 0. The van der Waals surface area contributed by atoms with Crippen LogP contribution in [-0.2, 0) is 10.2 Å². The molecule has 1 aliphatic carbocycles. The van der Waals surface area contributed by atoms with E-state index in [0.29, 0.717) is 18.4 Å². The first-order valence-electron chi connectivity index (χ1n) is 5.42. The molecule has 0 atom stereocenters. The molecular formula is C12H14O5. The van der Waals surface area contributed by atoms with Crippen LogP contribution in [0, 0.1) is 0 Å². The number of aromatic hydroxyl groups is 3. The molecule has 0 aliphatic heterocycles. The summed E-state index contributed by atoms with van der Waals surface area (Å²) in [6.07, 6.45) is 2.15. The fourth-order valence-electron chi connectivity index (χ4n) is 2.43. The number of hydrogen-bond donors (Lipinski definition) is 4. The second-order valence-corrected chi connectivity index (χ2v) is 4.53. The molecule has 0 spiro atoms. The van der Waals surface area contributed by atoms with Gasteiger partial charge in [-0.25, -0.2) is 0 Å². The van der Waals surface area contributed by atoms with E-state index >= 15 is 0 Å². The number of phenolic OH excluding ortho intramolecular Hbond substituents is 3. The largest absolute Gasteiger partial charge is 0.504 e. The molecule has 1 aromatic carbocycles. The van der Waals surface area contributed by atoms with Crippen molar-refractivity contribution in [2.24, 2.45) is 0 Å². The van der Waals surface area contributed by atoms with Crippen LogP contribution in [0.25, 0.3) is 0 Å². The van der Waals surface area contributed by atoms with Crippen LogP contribution in [0.1, 0.15) is 31.2 Å². The molecule has 2 rings (SSSR count). The Kier molecular flexibility index (Phi) is 2.61. The van der Waals surface area contributed by atoms with Crippen molar-refractivity contribution in [2.75, 3.05) is 0 Å². The average Bonchev–Trinajstić information content (AvgIpc) is 2.21. The highest BCUT2D eigenvalue weighted by atomic mass is 16.4. The van der Waals surface area contributed by atoms with Gasteiger partial charge >= 0.3 is 5.97 Å². The Labute approximate surface area is 98.0 Å². The zero-order valence-electron chi connectivity index (χ0n) is 9.18. The minimum atomic E-state index is -0.934. The molecule has 1 aliphatic rings. The molecule has 0 unspecified atom stereocenters. The number of carboxylic acids is 1. The fraction of sp³-hybridized carbons (Fsp3) is 0.417. The number of phenols is 3. The third kappa shape index (κ3) is 1.77. The predicted octanol–water partition coefficient (Wildman–Crippen LogP) is 1.70. The summed E-state index contributed by atoms with van der Waals surface area (Å²) in [5.41, 5.74) is -0.206. The molecule has 1 saturated carbocycles. The molecule has 0 radical (unpaired) electrons. The first-order valence-corrected chi connectivity index (χ1v) is 5.42. The van der Waals surface area contributed by atoms with Crippen molar-refractivity contribution in [3.8, 4) is 17.2 Å². The molecule has 4 N–H and O–H groups in total. The van der Waals surface area contributed by atoms with E-state index in [1.165, 1.54) is 12.1 Å². The topological polar surface area (TPSA) is 98.0 Å². The number of aliphatic carboxylic acids is 1. The zero-order valence-corrected chi connectivity index (χ0v) is 9.18. The Hall–Kier alpha value is -1.91. The van der Waals surface area contributed by atoms with Crippen LogP contribution in [0.3, 0.4) is 0 Å². The van der Waals surface area contributed by atoms with Gasteiger partial charge in [-0.3, -0.25) is 4.79 Å². The smallest absolute Gasteiger partial charge is 0.304 e. The van der Waals surface area contributed by atoms with Gasteiger partial charge in [-0.1, -0.05) is 12.5 Å². The van der Waals surface area contributed by atoms with E-state index in [4.69, 9.17) is 5.11 Å². The number of carbonyl (C=O) groups is 1. The first kappa shape index (κ1) is 11.6. The minimum absolute atomic E-state index is 0.0786. The monoisotopic (exact) mass is 238 g/mol. The van der Waals surface area contributed by atoms with Crippen LogP contribution in [0.2, 0.25) is 0 Å². The van der Waals surface area contributed by atoms with Gasteiger partial charge in [0.1, 0.15) is 0 Å². The van der Waals surface area contributed by atoms with Crippen LogP contribution in [-0.4, -0.2) is 26.4 Å². The normalized spacial score (nSPS) is 17.4. The van der Waals surface area contributed by atoms with Gasteiger partial charge in [-0.05, 0) is 18.9 Å². The van der Waals surface area contributed by atoms with Crippen molar-refractivity contribution >= 4 is 5.97 Å². The van der Waals surface area contributed by atoms with E-state index in [2.05, 4.69) is 0 Å². The second-order valence-electron chi connectivity index (χ2n) is 4.53. The Balaban J connectivity index is 2.45. The Morgan fingerprint density at radius 2 is 1.82 bits per heavy atom. The minimum Gasteiger partial charge on any atom is -0.504 e. The molecule has 0 heterocycles. The Morgan fingerprint density at radius 3 is 2.29 bits per heavy atom. The van der Waals surface area contributed by atoms with Crippen LogP contribution in [0.5, 0.6) is 17.2 Å². The molecule has 1 aromatic rings. The maximum atomic E-state index is 10.9. The summed E-state index contributed by atoms with van der Waals surface area (Å²) in [7, 11) is 0. The summed E-state index contributed by atoms with van der Waals surface area (Å²) in [5.74, 6) is -2.34. The summed E-state index contributed by atoms with van der Waals surface area (Å²) in [6, 6.07) is 2.75. The van der Waals surface area contributed by atoms with Gasteiger partial charge in [-0.15, -0.1) is 0 Å². The molecule has 1 fully saturated rings. The van der Waals surface area contributed by atoms with Crippen LogP contribution in [0.15, 0.2) is 12.1 Å². The predicted molar refractivity (Wildman–Crippen MR) is 59.2 cm³/mol. The summed E-state index contributed by atoms with van der Waals surface area (Å²) >= 11 is 0. The van der Waals surface area contributed by atoms with Crippen molar-refractivity contribution < 1.29 is 25.2 Å². The Morgan fingerprint density at radius 1 is 1.18 bits per heavy atom. The van der Waals surface area contributed by atoms with Crippen LogP contribution in [0.4, 0.5) is 0 Å². The van der Waals surface area contributed by atoms with Gasteiger partial charge in [-0.2, -0.15) is 0 Å². The molecule has 5 heteroatoms. The Bertz CT molecular complexity index is 462. The third-order valence-electron chi connectivity index (χ3n) is 3.50. The summed E-state index contributed by atoms with van der Waals surface area (Å²) in [6.45, 7) is 0. The quantitative estimate of drug-likeness (QED) is 0.601. The maximum Gasteiger partial charge on any atom is 0.304 e. The number of rotatable bonds is 3. The molecular weight excluding hydrogens is 224 g/mol. The number of benzene rings is 1. The lowest BCUT2D eigenvalue weighted by Crippen LogP contribution is -2.36. The lowest BCUT2D eigenvalue weighted by atomic mass is 9.62. The van der Waals surface area contributed by atoms with Gasteiger partial charge < -0.3 is 20.4 Å². The fourth-order valence-corrected chi connectivity index (χ4v) is 2.43. The average molecular weight is 238 g/mol. The van der Waals surface area contributed by atoms with E-state index < -0.39 is 28.6 Å². The van der Waals surface area contributed by atoms with Gasteiger partial charge in [0.25, 0.3) is 0 Å². The van der Waals surface area contributed by atoms with Crippen molar-refractivity contribution in [1.29, 1.82) is 0 Å². The molecule has 17 heavy (non-hydrogen) atoms. The van der Waals surface area contributed by atoms with Gasteiger partial charge in [0, 0.05) is 11.0 Å². The highest BCUT2D eigenvalue weighted by Crippen LogP contribution is 2.52. The highest BCUT2D eigenvalue weighted by molar-refractivity contribution is 5.70. The molecule has 0 saturated heterocycles. The SMILES string of the molecule is O=C(O)CC1(c2ccc(O)c(O)c2O)CCC1. The van der Waals surface area contributed by atoms with Crippen molar-refractivity contribution in [3.63, 3.8) is 0 Å². The summed E-state index contributed by atoms with van der Waals surface area (Å²) in [5, 5.41) is 37.4. The molecule has 0 bridgehead atoms. The number of carboxylic acid groups (broad SMARTS) is 1. The molecule has 0 amide bonds. The molecule has 5 nitrogen and oxygen atoms in total. The van der Waals surface area contributed by atoms with Gasteiger partial charge in [0.2, 0.25) is 5.75 Å². The van der Waals surface area contributed by atoms with Crippen molar-refractivity contribution in [3.05, 3.63) is 17.7 Å². The van der Waals surface area contributed by atoms with Crippen molar-refractivity contribution in [1.82, 2.24) is 0 Å². The standard InChI is InChI=1S/C12H14O5/c13-8-3-2-7(10(16)11(8)17)12(4-1-5-12)6-9(14)15/h2-3,13,16-17H,1,4-6H2,(H,14,15). The van der Waals surface area contributed by atoms with E-state index in [1.54, 1.807) is 0 Å². The lowest BCUT2D eigenvalue weighted by Gasteiger charge is -2.41. The zero-order chi connectivity index (χ0) is 12.6. The first-order chi connectivity index (χ1) is 7.96. The van der Waals surface area contributed by atoms with Crippen LogP contribution < -0.4 is 0 Å². The van der Waals surface area contributed by atoms with E-state index in [9.17, 15) is 20.1 Å². The molecule has 0 aromatic heterocycles. The van der Waals surface area contributed by atoms with Crippen LogP contribution >= 0.6 is 0 Å². The van der Waals surface area contributed by atoms with E-state index in [1.807, 2.05) is 0 Å². The van der Waals surface area contributed by atoms with E-state index in [0.717, 1.165) is 6.42 Å². The van der Waals surface area contributed by atoms with Crippen molar-refractivity contribution in [2.45, 2.75) is 31.1 Å². The number of hydrogen-bond acceptors (Lipinski definition) is 4. The lowest BCUT2D eigenvalue weighted by molar-refractivity contribution is -0.139. The van der Waals surface area contributed by atoms with E-state index in [-0.39, 0.29) is 6.42 Å². The van der Waals surface area contributed by atoms with Gasteiger partial charge in [0.15, 0.2) is 11.5 Å². The highest BCUT2D eigenvalue weighted by Gasteiger charge is 2.43. The van der Waals surface area contributed by atoms with Gasteiger partial charge in [0.05, 0.1) is 6.42 Å². The maximum absolute atomic E-state index is 10.9. The second kappa shape index (κ2) is 3.84.